The highest BCUT2D eigenvalue weighted by molar-refractivity contribution is 5.78. The zero-order valence-corrected chi connectivity index (χ0v) is 16.4. The first-order valence-corrected chi connectivity index (χ1v) is 9.66. The summed E-state index contributed by atoms with van der Waals surface area (Å²) in [6, 6.07) is 27.7. The molecule has 0 unspecified atom stereocenters. The molecule has 0 fully saturated rings. The number of aromatic amines is 1. The number of para-hydroxylation sites is 2. The summed E-state index contributed by atoms with van der Waals surface area (Å²) in [6.07, 6.45) is 0. The summed E-state index contributed by atoms with van der Waals surface area (Å²) >= 11 is 0. The summed E-state index contributed by atoms with van der Waals surface area (Å²) < 4.78 is 13.2. The minimum atomic E-state index is 0.314. The van der Waals surface area contributed by atoms with E-state index < -0.39 is 0 Å². The SMILES string of the molecule is COc1ccc(OCc2nc3ccccc3n2-c2cc(-c3ccccc3)[nH]n2)cc1. The smallest absolute Gasteiger partial charge is 0.161 e. The Kier molecular flexibility index (Phi) is 4.65. The molecule has 30 heavy (non-hydrogen) atoms. The average Bonchev–Trinajstić information content (AvgIpc) is 3.43. The monoisotopic (exact) mass is 396 g/mol. The van der Waals surface area contributed by atoms with Crippen LogP contribution in [0.3, 0.4) is 0 Å². The number of ether oxygens (including phenoxy) is 2. The van der Waals surface area contributed by atoms with Crippen LogP contribution in [0.2, 0.25) is 0 Å². The second-order valence-corrected chi connectivity index (χ2v) is 6.82. The van der Waals surface area contributed by atoms with Crippen molar-refractivity contribution in [3.8, 4) is 28.6 Å². The first-order chi connectivity index (χ1) is 14.8. The van der Waals surface area contributed by atoms with Gasteiger partial charge in [-0.3, -0.25) is 9.67 Å². The van der Waals surface area contributed by atoms with Gasteiger partial charge in [-0.15, -0.1) is 0 Å². The Morgan fingerprint density at radius 3 is 2.40 bits per heavy atom. The van der Waals surface area contributed by atoms with Gasteiger partial charge in [0, 0.05) is 6.07 Å². The van der Waals surface area contributed by atoms with E-state index in [0.29, 0.717) is 6.61 Å². The molecule has 6 nitrogen and oxygen atoms in total. The van der Waals surface area contributed by atoms with Crippen molar-refractivity contribution >= 4 is 11.0 Å². The van der Waals surface area contributed by atoms with Crippen LogP contribution in [-0.2, 0) is 6.61 Å². The molecular formula is C24H20N4O2. The van der Waals surface area contributed by atoms with Crippen LogP contribution in [0.4, 0.5) is 0 Å². The number of hydrogen-bond donors (Lipinski definition) is 1. The Bertz CT molecular complexity index is 1270. The van der Waals surface area contributed by atoms with Gasteiger partial charge < -0.3 is 9.47 Å². The molecule has 0 amide bonds. The second kappa shape index (κ2) is 7.75. The van der Waals surface area contributed by atoms with E-state index in [1.807, 2.05) is 77.4 Å². The molecule has 3 aromatic carbocycles. The highest BCUT2D eigenvalue weighted by Gasteiger charge is 2.16. The van der Waals surface area contributed by atoms with Crippen LogP contribution in [0.15, 0.2) is 84.9 Å². The summed E-state index contributed by atoms with van der Waals surface area (Å²) in [4.78, 5) is 4.78. The Hall–Kier alpha value is -4.06. The van der Waals surface area contributed by atoms with Gasteiger partial charge in [0.2, 0.25) is 0 Å². The summed E-state index contributed by atoms with van der Waals surface area (Å²) in [7, 11) is 1.64. The normalized spacial score (nSPS) is 11.0. The zero-order valence-electron chi connectivity index (χ0n) is 16.4. The molecule has 6 heteroatoms. The number of H-pyrrole nitrogens is 1. The summed E-state index contributed by atoms with van der Waals surface area (Å²) in [5, 5.41) is 7.68. The highest BCUT2D eigenvalue weighted by Crippen LogP contribution is 2.25. The maximum atomic E-state index is 6.00. The first kappa shape index (κ1) is 18.0. The number of rotatable bonds is 6. The fraction of sp³-hybridized carbons (Fsp3) is 0.0833. The Morgan fingerprint density at radius 2 is 1.60 bits per heavy atom. The van der Waals surface area contributed by atoms with Crippen molar-refractivity contribution < 1.29 is 9.47 Å². The van der Waals surface area contributed by atoms with Gasteiger partial charge in [-0.05, 0) is 42.0 Å². The minimum absolute atomic E-state index is 0.314. The highest BCUT2D eigenvalue weighted by atomic mass is 16.5. The lowest BCUT2D eigenvalue weighted by Crippen LogP contribution is -2.06. The van der Waals surface area contributed by atoms with Crippen molar-refractivity contribution in [2.75, 3.05) is 7.11 Å². The van der Waals surface area contributed by atoms with Crippen LogP contribution in [0.25, 0.3) is 28.1 Å². The second-order valence-electron chi connectivity index (χ2n) is 6.82. The van der Waals surface area contributed by atoms with Crippen LogP contribution in [-0.4, -0.2) is 26.9 Å². The van der Waals surface area contributed by atoms with E-state index >= 15 is 0 Å². The molecule has 1 N–H and O–H groups in total. The molecule has 0 bridgehead atoms. The largest absolute Gasteiger partial charge is 0.497 e. The van der Waals surface area contributed by atoms with Crippen LogP contribution >= 0.6 is 0 Å². The number of fused-ring (bicyclic) bond motifs is 1. The van der Waals surface area contributed by atoms with E-state index in [0.717, 1.165) is 45.4 Å². The van der Waals surface area contributed by atoms with E-state index in [4.69, 9.17) is 14.5 Å². The lowest BCUT2D eigenvalue weighted by molar-refractivity contribution is 0.293. The third-order valence-electron chi connectivity index (χ3n) is 4.94. The lowest BCUT2D eigenvalue weighted by atomic mass is 10.1. The van der Waals surface area contributed by atoms with Crippen molar-refractivity contribution in [2.45, 2.75) is 6.61 Å². The molecule has 148 valence electrons. The lowest BCUT2D eigenvalue weighted by Gasteiger charge is -2.09. The molecule has 0 aliphatic rings. The van der Waals surface area contributed by atoms with Crippen LogP contribution in [0.1, 0.15) is 5.82 Å². The molecular weight excluding hydrogens is 376 g/mol. The molecule has 0 spiro atoms. The molecule has 0 radical (unpaired) electrons. The first-order valence-electron chi connectivity index (χ1n) is 9.66. The summed E-state index contributed by atoms with van der Waals surface area (Å²) in [5.74, 6) is 3.09. The third-order valence-corrected chi connectivity index (χ3v) is 4.94. The fourth-order valence-electron chi connectivity index (χ4n) is 3.44. The van der Waals surface area contributed by atoms with Crippen molar-refractivity contribution in [3.63, 3.8) is 0 Å². The quantitative estimate of drug-likeness (QED) is 0.438. The van der Waals surface area contributed by atoms with Gasteiger partial charge in [0.1, 0.15) is 18.1 Å². The Balaban J connectivity index is 1.50. The predicted molar refractivity (Wildman–Crippen MR) is 116 cm³/mol. The maximum absolute atomic E-state index is 6.00. The van der Waals surface area contributed by atoms with Gasteiger partial charge in [-0.2, -0.15) is 5.10 Å². The maximum Gasteiger partial charge on any atom is 0.161 e. The van der Waals surface area contributed by atoms with E-state index in [2.05, 4.69) is 22.3 Å². The van der Waals surface area contributed by atoms with E-state index in [-0.39, 0.29) is 0 Å². The molecule has 0 saturated carbocycles. The molecule has 0 aliphatic carbocycles. The van der Waals surface area contributed by atoms with E-state index in [9.17, 15) is 0 Å². The summed E-state index contributed by atoms with van der Waals surface area (Å²) in [5.41, 5.74) is 3.91. The number of nitrogens with zero attached hydrogens (tertiary/aromatic N) is 3. The van der Waals surface area contributed by atoms with Gasteiger partial charge in [-0.1, -0.05) is 42.5 Å². The number of aromatic nitrogens is 4. The van der Waals surface area contributed by atoms with Gasteiger partial charge in [-0.25, -0.2) is 4.98 Å². The van der Waals surface area contributed by atoms with E-state index in [1.54, 1.807) is 7.11 Å². The molecule has 5 rings (SSSR count). The van der Waals surface area contributed by atoms with Crippen molar-refractivity contribution in [1.29, 1.82) is 0 Å². The third kappa shape index (κ3) is 3.39. The number of methoxy groups -OCH3 is 1. The molecule has 2 aromatic heterocycles. The number of benzene rings is 3. The molecule has 0 atom stereocenters. The van der Waals surface area contributed by atoms with Gasteiger partial charge in [0.15, 0.2) is 11.6 Å². The van der Waals surface area contributed by atoms with Crippen LogP contribution in [0.5, 0.6) is 11.5 Å². The average molecular weight is 396 g/mol. The molecule has 2 heterocycles. The topological polar surface area (TPSA) is 65.0 Å². The molecule has 5 aromatic rings. The van der Waals surface area contributed by atoms with Crippen molar-refractivity contribution in [3.05, 3.63) is 90.8 Å². The van der Waals surface area contributed by atoms with Crippen molar-refractivity contribution in [2.24, 2.45) is 0 Å². The minimum Gasteiger partial charge on any atom is -0.497 e. The predicted octanol–water partition coefficient (Wildman–Crippen LogP) is 5.00. The van der Waals surface area contributed by atoms with Crippen LogP contribution in [0, 0.1) is 0 Å². The van der Waals surface area contributed by atoms with Crippen molar-refractivity contribution in [1.82, 2.24) is 19.7 Å². The van der Waals surface area contributed by atoms with Gasteiger partial charge in [0.25, 0.3) is 0 Å². The fourth-order valence-corrected chi connectivity index (χ4v) is 3.44. The number of hydrogen-bond acceptors (Lipinski definition) is 4. The van der Waals surface area contributed by atoms with E-state index in [1.165, 1.54) is 0 Å². The van der Waals surface area contributed by atoms with Crippen LogP contribution < -0.4 is 9.47 Å². The number of nitrogens with one attached hydrogen (secondary N) is 1. The zero-order chi connectivity index (χ0) is 20.3. The molecule has 0 saturated heterocycles. The number of imidazole rings is 1. The van der Waals surface area contributed by atoms with Gasteiger partial charge >= 0.3 is 0 Å². The standard InChI is InChI=1S/C24H20N4O2/c1-29-18-11-13-19(14-12-18)30-16-24-25-20-9-5-6-10-22(20)28(24)23-15-21(26-27-23)17-7-3-2-4-8-17/h2-15H,16H2,1H3,(H,26,27). The summed E-state index contributed by atoms with van der Waals surface area (Å²) in [6.45, 7) is 0.314. The Labute approximate surface area is 173 Å². The van der Waals surface area contributed by atoms with Gasteiger partial charge in [0.05, 0.1) is 23.8 Å². The molecule has 0 aliphatic heterocycles. The Morgan fingerprint density at radius 1 is 0.867 bits per heavy atom.